The van der Waals surface area contributed by atoms with Crippen molar-refractivity contribution in [3.63, 3.8) is 0 Å². The first kappa shape index (κ1) is 18.4. The summed E-state index contributed by atoms with van der Waals surface area (Å²) in [7, 11) is 2.90. The lowest BCUT2D eigenvalue weighted by molar-refractivity contribution is 0.0600. The van der Waals surface area contributed by atoms with Crippen LogP contribution in [0.25, 0.3) is 11.3 Å². The SMILES string of the molecule is COC(=O)c1ccc(-c2csc(NC(=O)Nc3cccc(OC)c3)n2)cc1. The molecule has 138 valence electrons. The van der Waals surface area contributed by atoms with Gasteiger partial charge in [-0.1, -0.05) is 18.2 Å². The zero-order valence-corrected chi connectivity index (χ0v) is 15.5. The van der Waals surface area contributed by atoms with E-state index in [1.165, 1.54) is 18.4 Å². The molecule has 0 aliphatic rings. The van der Waals surface area contributed by atoms with Gasteiger partial charge in [-0.25, -0.2) is 14.6 Å². The average molecular weight is 383 g/mol. The number of benzene rings is 2. The maximum Gasteiger partial charge on any atom is 0.337 e. The maximum absolute atomic E-state index is 12.1. The second-order valence-corrected chi connectivity index (χ2v) is 6.28. The molecule has 0 aliphatic carbocycles. The van der Waals surface area contributed by atoms with Crippen LogP contribution in [0.4, 0.5) is 15.6 Å². The van der Waals surface area contributed by atoms with Crippen molar-refractivity contribution in [3.8, 4) is 17.0 Å². The van der Waals surface area contributed by atoms with Gasteiger partial charge < -0.3 is 14.8 Å². The summed E-state index contributed by atoms with van der Waals surface area (Å²) in [5.41, 5.74) is 2.61. The van der Waals surface area contributed by atoms with Gasteiger partial charge in [0.15, 0.2) is 5.13 Å². The number of nitrogens with zero attached hydrogens (tertiary/aromatic N) is 1. The van der Waals surface area contributed by atoms with Crippen LogP contribution in [0.15, 0.2) is 53.9 Å². The summed E-state index contributed by atoms with van der Waals surface area (Å²) in [6, 6.07) is 13.6. The molecule has 0 radical (unpaired) electrons. The predicted molar refractivity (Wildman–Crippen MR) is 105 cm³/mol. The molecule has 1 heterocycles. The Morgan fingerprint density at radius 3 is 2.52 bits per heavy atom. The number of methoxy groups -OCH3 is 2. The van der Waals surface area contributed by atoms with Crippen molar-refractivity contribution in [2.24, 2.45) is 0 Å². The molecule has 0 fully saturated rings. The number of nitrogens with one attached hydrogen (secondary N) is 2. The molecule has 3 rings (SSSR count). The van der Waals surface area contributed by atoms with E-state index in [-0.39, 0.29) is 0 Å². The molecular formula is C19H17N3O4S. The van der Waals surface area contributed by atoms with E-state index in [1.807, 2.05) is 5.38 Å². The largest absolute Gasteiger partial charge is 0.497 e. The summed E-state index contributed by atoms with van der Waals surface area (Å²) >= 11 is 1.31. The molecule has 0 aliphatic heterocycles. The van der Waals surface area contributed by atoms with Gasteiger partial charge in [0.1, 0.15) is 5.75 Å². The Kier molecular flexibility index (Phi) is 5.68. The normalized spacial score (nSPS) is 10.1. The third-order valence-corrected chi connectivity index (χ3v) is 4.41. The Labute approximate surface area is 160 Å². The Bertz CT molecular complexity index is 954. The van der Waals surface area contributed by atoms with E-state index in [2.05, 4.69) is 20.4 Å². The maximum atomic E-state index is 12.1. The second kappa shape index (κ2) is 8.33. The lowest BCUT2D eigenvalue weighted by atomic mass is 10.1. The van der Waals surface area contributed by atoms with E-state index in [1.54, 1.807) is 55.6 Å². The van der Waals surface area contributed by atoms with Crippen LogP contribution in [0.5, 0.6) is 5.75 Å². The van der Waals surface area contributed by atoms with Gasteiger partial charge >= 0.3 is 12.0 Å². The number of carbonyl (C=O) groups is 2. The van der Waals surface area contributed by atoms with Crippen LogP contribution in [0, 0.1) is 0 Å². The molecule has 2 N–H and O–H groups in total. The monoisotopic (exact) mass is 383 g/mol. The van der Waals surface area contributed by atoms with E-state index < -0.39 is 12.0 Å². The molecule has 0 saturated carbocycles. The van der Waals surface area contributed by atoms with Crippen molar-refractivity contribution >= 4 is 34.2 Å². The first-order valence-corrected chi connectivity index (χ1v) is 8.83. The van der Waals surface area contributed by atoms with Crippen molar-refractivity contribution in [2.45, 2.75) is 0 Å². The van der Waals surface area contributed by atoms with Gasteiger partial charge in [-0.05, 0) is 24.3 Å². The second-order valence-electron chi connectivity index (χ2n) is 5.42. The summed E-state index contributed by atoms with van der Waals surface area (Å²) in [5.74, 6) is 0.260. The molecule has 3 aromatic rings. The highest BCUT2D eigenvalue weighted by molar-refractivity contribution is 7.14. The van der Waals surface area contributed by atoms with Crippen molar-refractivity contribution in [1.82, 2.24) is 4.98 Å². The first-order chi connectivity index (χ1) is 13.1. The summed E-state index contributed by atoms with van der Waals surface area (Å²) in [6.45, 7) is 0. The molecular weight excluding hydrogens is 366 g/mol. The average Bonchev–Trinajstić information content (AvgIpc) is 3.15. The van der Waals surface area contributed by atoms with Gasteiger partial charge in [-0.2, -0.15) is 0 Å². The summed E-state index contributed by atoms with van der Waals surface area (Å²) in [6.07, 6.45) is 0. The highest BCUT2D eigenvalue weighted by atomic mass is 32.1. The Hall–Kier alpha value is -3.39. The first-order valence-electron chi connectivity index (χ1n) is 7.95. The number of hydrogen-bond donors (Lipinski definition) is 2. The van der Waals surface area contributed by atoms with E-state index in [4.69, 9.17) is 4.74 Å². The minimum Gasteiger partial charge on any atom is -0.497 e. The number of hydrogen-bond acceptors (Lipinski definition) is 6. The highest BCUT2D eigenvalue weighted by Crippen LogP contribution is 2.25. The third-order valence-electron chi connectivity index (χ3n) is 3.65. The molecule has 1 aromatic heterocycles. The van der Waals surface area contributed by atoms with Crippen LogP contribution >= 0.6 is 11.3 Å². The molecule has 0 unspecified atom stereocenters. The smallest absolute Gasteiger partial charge is 0.337 e. The van der Waals surface area contributed by atoms with Gasteiger partial charge in [0.05, 0.1) is 25.5 Å². The quantitative estimate of drug-likeness (QED) is 0.643. The summed E-state index contributed by atoms with van der Waals surface area (Å²) in [5, 5.41) is 7.71. The van der Waals surface area contributed by atoms with Gasteiger partial charge in [0, 0.05) is 22.7 Å². The minimum atomic E-state index is -0.398. The fraction of sp³-hybridized carbons (Fsp3) is 0.105. The minimum absolute atomic E-state index is 0.392. The number of rotatable bonds is 5. The molecule has 0 bridgehead atoms. The lowest BCUT2D eigenvalue weighted by Crippen LogP contribution is -2.19. The zero-order valence-electron chi connectivity index (χ0n) is 14.7. The fourth-order valence-electron chi connectivity index (χ4n) is 2.32. The topological polar surface area (TPSA) is 89.5 Å². The van der Waals surface area contributed by atoms with E-state index in [0.29, 0.717) is 27.8 Å². The molecule has 2 amide bonds. The molecule has 27 heavy (non-hydrogen) atoms. The molecule has 8 heteroatoms. The number of anilines is 2. The Morgan fingerprint density at radius 1 is 1.04 bits per heavy atom. The molecule has 0 spiro atoms. The van der Waals surface area contributed by atoms with Gasteiger partial charge in [-0.3, -0.25) is 5.32 Å². The predicted octanol–water partition coefficient (Wildman–Crippen LogP) is 4.25. The van der Waals surface area contributed by atoms with Crippen molar-refractivity contribution in [2.75, 3.05) is 24.9 Å². The molecule has 2 aromatic carbocycles. The number of carbonyl (C=O) groups excluding carboxylic acids is 2. The van der Waals surface area contributed by atoms with Crippen LogP contribution in [-0.2, 0) is 4.74 Å². The van der Waals surface area contributed by atoms with Gasteiger partial charge in [0.2, 0.25) is 0 Å². The Morgan fingerprint density at radius 2 is 1.81 bits per heavy atom. The number of ether oxygens (including phenoxy) is 2. The van der Waals surface area contributed by atoms with Crippen molar-refractivity contribution < 1.29 is 19.1 Å². The van der Waals surface area contributed by atoms with E-state index >= 15 is 0 Å². The van der Waals surface area contributed by atoms with Crippen molar-refractivity contribution in [3.05, 3.63) is 59.5 Å². The fourth-order valence-corrected chi connectivity index (χ4v) is 3.03. The third kappa shape index (κ3) is 4.62. The van der Waals surface area contributed by atoms with E-state index in [9.17, 15) is 9.59 Å². The number of amides is 2. The van der Waals surface area contributed by atoms with Crippen LogP contribution in [0.3, 0.4) is 0 Å². The number of aromatic nitrogens is 1. The summed E-state index contributed by atoms with van der Waals surface area (Å²) in [4.78, 5) is 28.0. The standard InChI is InChI=1S/C19H17N3O4S/c1-25-15-5-3-4-14(10-15)20-18(24)22-19-21-16(11-27-19)12-6-8-13(9-7-12)17(23)26-2/h3-11H,1-2H3,(H2,20,21,22,24). The van der Waals surface area contributed by atoms with Crippen LogP contribution in [0.2, 0.25) is 0 Å². The van der Waals surface area contributed by atoms with Crippen LogP contribution in [-0.4, -0.2) is 31.2 Å². The molecule has 0 saturated heterocycles. The van der Waals surface area contributed by atoms with Crippen LogP contribution in [0.1, 0.15) is 10.4 Å². The van der Waals surface area contributed by atoms with E-state index in [0.717, 1.165) is 5.56 Å². The summed E-state index contributed by atoms with van der Waals surface area (Å²) < 4.78 is 9.80. The Balaban J connectivity index is 1.65. The van der Waals surface area contributed by atoms with Crippen LogP contribution < -0.4 is 15.4 Å². The number of thiazole rings is 1. The van der Waals surface area contributed by atoms with Gasteiger partial charge in [0.25, 0.3) is 0 Å². The highest BCUT2D eigenvalue weighted by Gasteiger charge is 2.10. The van der Waals surface area contributed by atoms with Crippen molar-refractivity contribution in [1.29, 1.82) is 0 Å². The molecule has 7 nitrogen and oxygen atoms in total. The number of esters is 1. The lowest BCUT2D eigenvalue weighted by Gasteiger charge is -2.07. The van der Waals surface area contributed by atoms with Gasteiger partial charge in [-0.15, -0.1) is 11.3 Å². The molecule has 0 atom stereocenters. The zero-order chi connectivity index (χ0) is 19.2. The number of urea groups is 1.